The molecule has 0 aliphatic carbocycles. The third kappa shape index (κ3) is 3.65. The first-order valence-electron chi connectivity index (χ1n) is 9.93. The van der Waals surface area contributed by atoms with E-state index in [0.29, 0.717) is 17.4 Å². The second-order valence-corrected chi connectivity index (χ2v) is 8.67. The van der Waals surface area contributed by atoms with Gasteiger partial charge in [-0.05, 0) is 31.7 Å². The number of Topliss-reactive ketones (excluding diaryl/α,β-unsaturated/α-hetero) is 1. The largest absolute Gasteiger partial charge is 0.507 e. The van der Waals surface area contributed by atoms with Crippen LogP contribution in [0, 0.1) is 5.92 Å². The van der Waals surface area contributed by atoms with Gasteiger partial charge in [-0.1, -0.05) is 27.2 Å². The molecular formula is C22H28O7. The number of aliphatic hydroxyl groups excluding tert-OH is 1. The van der Waals surface area contributed by atoms with E-state index in [0.717, 1.165) is 6.42 Å². The highest BCUT2D eigenvalue weighted by molar-refractivity contribution is 6.11. The van der Waals surface area contributed by atoms with Gasteiger partial charge in [0.15, 0.2) is 17.5 Å². The maximum absolute atomic E-state index is 13.0. The van der Waals surface area contributed by atoms with Gasteiger partial charge in [-0.25, -0.2) is 4.79 Å². The highest BCUT2D eigenvalue weighted by Crippen LogP contribution is 2.52. The SMILES string of the molecule is CCCc1cc(=O)oc2c(C(=O)CC(C)C)c(O)c3c(c12)OC(C(C)(C)O)C3O. The van der Waals surface area contributed by atoms with Crippen molar-refractivity contribution >= 4 is 16.8 Å². The fourth-order valence-electron chi connectivity index (χ4n) is 3.92. The zero-order chi connectivity index (χ0) is 21.7. The summed E-state index contributed by atoms with van der Waals surface area (Å²) in [5.74, 6) is -0.693. The number of carbonyl (C=O) groups is 1. The highest BCUT2D eigenvalue weighted by atomic mass is 16.5. The predicted molar refractivity (Wildman–Crippen MR) is 108 cm³/mol. The number of aryl methyl sites for hydroxylation is 1. The van der Waals surface area contributed by atoms with Crippen LogP contribution >= 0.6 is 0 Å². The first-order valence-corrected chi connectivity index (χ1v) is 9.93. The minimum atomic E-state index is -1.42. The van der Waals surface area contributed by atoms with E-state index in [1.54, 1.807) is 0 Å². The number of benzene rings is 1. The van der Waals surface area contributed by atoms with Crippen molar-refractivity contribution in [3.8, 4) is 11.5 Å². The van der Waals surface area contributed by atoms with E-state index in [9.17, 15) is 24.9 Å². The average Bonchev–Trinajstić information content (AvgIpc) is 2.92. The van der Waals surface area contributed by atoms with Gasteiger partial charge in [-0.2, -0.15) is 0 Å². The molecule has 0 fully saturated rings. The number of hydrogen-bond acceptors (Lipinski definition) is 7. The van der Waals surface area contributed by atoms with Crippen LogP contribution < -0.4 is 10.4 Å². The number of aliphatic hydroxyl groups is 2. The van der Waals surface area contributed by atoms with E-state index >= 15 is 0 Å². The maximum Gasteiger partial charge on any atom is 0.336 e. The second kappa shape index (κ2) is 7.46. The van der Waals surface area contributed by atoms with Crippen molar-refractivity contribution in [3.05, 3.63) is 33.2 Å². The molecule has 0 bridgehead atoms. The van der Waals surface area contributed by atoms with Crippen molar-refractivity contribution in [2.24, 2.45) is 5.92 Å². The summed E-state index contributed by atoms with van der Waals surface area (Å²) in [5, 5.41) is 32.6. The van der Waals surface area contributed by atoms with Crippen molar-refractivity contribution < 1.29 is 29.3 Å². The normalized spacial score (nSPS) is 18.9. The van der Waals surface area contributed by atoms with E-state index < -0.39 is 29.2 Å². The molecule has 7 nitrogen and oxygen atoms in total. The molecule has 1 aromatic carbocycles. The molecule has 0 amide bonds. The number of fused-ring (bicyclic) bond motifs is 3. The standard InChI is InChI=1S/C22H28O7/c1-6-7-11-9-13(24)28-19-14(11)20-16(18(26)21(29-20)22(4,5)27)17(25)15(19)12(23)8-10(2)3/h9-10,18,21,25-27H,6-8H2,1-5H3. The fraction of sp³-hybridized carbons (Fsp3) is 0.545. The summed E-state index contributed by atoms with van der Waals surface area (Å²) in [6.07, 6.45) is -1.02. The van der Waals surface area contributed by atoms with Crippen LogP contribution in [-0.4, -0.2) is 32.8 Å². The van der Waals surface area contributed by atoms with Gasteiger partial charge in [-0.3, -0.25) is 4.79 Å². The minimum absolute atomic E-state index is 0.0149. The molecule has 3 rings (SSSR count). The number of hydrogen-bond donors (Lipinski definition) is 3. The molecule has 0 saturated heterocycles. The number of ketones is 1. The van der Waals surface area contributed by atoms with Gasteiger partial charge in [0, 0.05) is 12.5 Å². The second-order valence-electron chi connectivity index (χ2n) is 8.67. The van der Waals surface area contributed by atoms with Gasteiger partial charge in [0.05, 0.1) is 16.6 Å². The molecule has 0 radical (unpaired) electrons. The maximum atomic E-state index is 13.0. The molecule has 2 heterocycles. The van der Waals surface area contributed by atoms with Gasteiger partial charge in [0.2, 0.25) is 0 Å². The average molecular weight is 404 g/mol. The van der Waals surface area contributed by atoms with Crippen LogP contribution in [0.25, 0.3) is 11.0 Å². The molecular weight excluding hydrogens is 376 g/mol. The van der Waals surface area contributed by atoms with Gasteiger partial charge in [0.1, 0.15) is 23.2 Å². The summed E-state index contributed by atoms with van der Waals surface area (Å²) in [4.78, 5) is 25.1. The van der Waals surface area contributed by atoms with E-state index in [-0.39, 0.29) is 40.6 Å². The Kier molecular flexibility index (Phi) is 5.49. The molecule has 1 aliphatic rings. The summed E-state index contributed by atoms with van der Waals surface area (Å²) in [7, 11) is 0. The van der Waals surface area contributed by atoms with Crippen molar-refractivity contribution in [3.63, 3.8) is 0 Å². The number of phenolic OH excluding ortho intramolecular Hbond substituents is 1. The highest BCUT2D eigenvalue weighted by Gasteiger charge is 2.46. The lowest BCUT2D eigenvalue weighted by atomic mass is 9.89. The third-order valence-electron chi connectivity index (χ3n) is 5.15. The predicted octanol–water partition coefficient (Wildman–Crippen LogP) is 3.25. The Bertz CT molecular complexity index is 1010. The molecule has 2 unspecified atom stereocenters. The molecule has 29 heavy (non-hydrogen) atoms. The molecule has 1 aromatic heterocycles. The summed E-state index contributed by atoms with van der Waals surface area (Å²) < 4.78 is 11.3. The van der Waals surface area contributed by atoms with Crippen LogP contribution in [0.1, 0.15) is 75.0 Å². The van der Waals surface area contributed by atoms with E-state index in [4.69, 9.17) is 9.15 Å². The van der Waals surface area contributed by atoms with Crippen molar-refractivity contribution in [2.75, 3.05) is 0 Å². The Hall–Kier alpha value is -2.38. The van der Waals surface area contributed by atoms with Crippen LogP contribution in [0.15, 0.2) is 15.3 Å². The summed E-state index contributed by atoms with van der Waals surface area (Å²) >= 11 is 0. The fourth-order valence-corrected chi connectivity index (χ4v) is 3.92. The quantitative estimate of drug-likeness (QED) is 0.500. The number of carbonyl (C=O) groups excluding carboxylic acids is 1. The van der Waals surface area contributed by atoms with Crippen LogP contribution in [0.3, 0.4) is 0 Å². The van der Waals surface area contributed by atoms with Gasteiger partial charge < -0.3 is 24.5 Å². The van der Waals surface area contributed by atoms with Crippen LogP contribution in [0.4, 0.5) is 0 Å². The smallest absolute Gasteiger partial charge is 0.336 e. The Labute approximate surface area is 168 Å². The molecule has 2 aromatic rings. The Balaban J connectivity index is 2.42. The van der Waals surface area contributed by atoms with Crippen LogP contribution in [0.5, 0.6) is 11.5 Å². The Morgan fingerprint density at radius 3 is 2.52 bits per heavy atom. The van der Waals surface area contributed by atoms with Crippen molar-refractivity contribution in [1.82, 2.24) is 0 Å². The van der Waals surface area contributed by atoms with Gasteiger partial charge in [-0.15, -0.1) is 0 Å². The zero-order valence-electron chi connectivity index (χ0n) is 17.4. The van der Waals surface area contributed by atoms with Crippen LogP contribution in [-0.2, 0) is 6.42 Å². The van der Waals surface area contributed by atoms with Crippen molar-refractivity contribution in [2.45, 2.75) is 71.7 Å². The molecule has 0 spiro atoms. The number of ether oxygens (including phenoxy) is 1. The Morgan fingerprint density at radius 2 is 1.97 bits per heavy atom. The molecule has 3 N–H and O–H groups in total. The zero-order valence-corrected chi connectivity index (χ0v) is 17.4. The minimum Gasteiger partial charge on any atom is -0.507 e. The number of rotatable bonds is 6. The Morgan fingerprint density at radius 1 is 1.31 bits per heavy atom. The lowest BCUT2D eigenvalue weighted by molar-refractivity contribution is -0.0761. The summed E-state index contributed by atoms with van der Waals surface area (Å²) in [6.45, 7) is 8.66. The van der Waals surface area contributed by atoms with E-state index in [1.807, 2.05) is 20.8 Å². The lowest BCUT2D eigenvalue weighted by Gasteiger charge is -2.27. The van der Waals surface area contributed by atoms with Gasteiger partial charge >= 0.3 is 5.63 Å². The molecule has 0 saturated carbocycles. The lowest BCUT2D eigenvalue weighted by Crippen LogP contribution is -2.41. The molecule has 158 valence electrons. The molecule has 1 aliphatic heterocycles. The molecule has 2 atom stereocenters. The van der Waals surface area contributed by atoms with Crippen LogP contribution in [0.2, 0.25) is 0 Å². The number of aromatic hydroxyl groups is 1. The monoisotopic (exact) mass is 404 g/mol. The van der Waals surface area contributed by atoms with E-state index in [2.05, 4.69) is 0 Å². The van der Waals surface area contributed by atoms with E-state index in [1.165, 1.54) is 19.9 Å². The summed E-state index contributed by atoms with van der Waals surface area (Å²) in [5.41, 5.74) is -1.55. The summed E-state index contributed by atoms with van der Waals surface area (Å²) in [6, 6.07) is 1.34. The first kappa shape index (κ1) is 21.3. The number of phenols is 1. The molecule has 7 heteroatoms. The topological polar surface area (TPSA) is 117 Å². The third-order valence-corrected chi connectivity index (χ3v) is 5.15. The first-order chi connectivity index (χ1) is 13.5. The van der Waals surface area contributed by atoms with Crippen molar-refractivity contribution in [1.29, 1.82) is 0 Å². The van der Waals surface area contributed by atoms with Gasteiger partial charge in [0.25, 0.3) is 0 Å².